The van der Waals surface area contributed by atoms with E-state index in [0.717, 1.165) is 6.07 Å². The monoisotopic (exact) mass is 275 g/mol. The molecule has 0 radical (unpaired) electrons. The second kappa shape index (κ2) is 5.40. The summed E-state index contributed by atoms with van der Waals surface area (Å²) in [6, 6.07) is 7.66. The topological polar surface area (TPSA) is 110 Å². The predicted molar refractivity (Wildman–Crippen MR) is 70.7 cm³/mol. The summed E-state index contributed by atoms with van der Waals surface area (Å²) < 4.78 is 0. The Kier molecular flexibility index (Phi) is 3.65. The summed E-state index contributed by atoms with van der Waals surface area (Å²) in [5.74, 6) is -1.24. The zero-order valence-electron chi connectivity index (χ0n) is 10.4. The van der Waals surface area contributed by atoms with Crippen molar-refractivity contribution in [2.45, 2.75) is 6.54 Å². The molecule has 5 N–H and O–H groups in total. The Morgan fingerprint density at radius 1 is 0.900 bits per heavy atom. The maximum atomic E-state index is 11.8. The second-order valence-electron chi connectivity index (χ2n) is 4.20. The van der Waals surface area contributed by atoms with E-state index in [9.17, 15) is 15.0 Å². The fourth-order valence-electron chi connectivity index (χ4n) is 1.68. The summed E-state index contributed by atoms with van der Waals surface area (Å²) in [5, 5.41) is 39.9. The van der Waals surface area contributed by atoms with Crippen molar-refractivity contribution in [3.8, 4) is 23.0 Å². The number of nitrogens with one attached hydrogen (secondary N) is 1. The molecular formula is C14H13NO5. The molecule has 0 aromatic heterocycles. The molecule has 6 heteroatoms. The molecule has 0 aliphatic rings. The van der Waals surface area contributed by atoms with E-state index in [4.69, 9.17) is 10.2 Å². The molecule has 2 aromatic carbocycles. The minimum absolute atomic E-state index is 0.0149. The van der Waals surface area contributed by atoms with Crippen LogP contribution < -0.4 is 5.32 Å². The average molecular weight is 275 g/mol. The number of phenols is 4. The van der Waals surface area contributed by atoms with Crippen LogP contribution in [0.4, 0.5) is 0 Å². The van der Waals surface area contributed by atoms with E-state index in [1.54, 1.807) is 0 Å². The van der Waals surface area contributed by atoms with Gasteiger partial charge in [0.1, 0.15) is 23.0 Å². The molecule has 0 aliphatic carbocycles. The number of benzene rings is 2. The molecule has 0 unspecified atom stereocenters. The highest BCUT2D eigenvalue weighted by Gasteiger charge is 2.12. The highest BCUT2D eigenvalue weighted by Crippen LogP contribution is 2.24. The lowest BCUT2D eigenvalue weighted by Gasteiger charge is -2.08. The molecular weight excluding hydrogens is 262 g/mol. The molecule has 0 fully saturated rings. The maximum absolute atomic E-state index is 11.8. The van der Waals surface area contributed by atoms with Crippen molar-refractivity contribution in [3.05, 3.63) is 47.5 Å². The van der Waals surface area contributed by atoms with Gasteiger partial charge in [-0.2, -0.15) is 0 Å². The lowest BCUT2D eigenvalue weighted by molar-refractivity contribution is 0.0948. The lowest BCUT2D eigenvalue weighted by Crippen LogP contribution is -2.22. The van der Waals surface area contributed by atoms with Gasteiger partial charge in [-0.3, -0.25) is 4.79 Å². The van der Waals surface area contributed by atoms with Crippen LogP contribution >= 0.6 is 0 Å². The molecule has 2 rings (SSSR count). The van der Waals surface area contributed by atoms with Crippen LogP contribution in [0.2, 0.25) is 0 Å². The Morgan fingerprint density at radius 3 is 2.10 bits per heavy atom. The van der Waals surface area contributed by atoms with E-state index in [1.807, 2.05) is 0 Å². The first-order chi connectivity index (χ1) is 9.47. The van der Waals surface area contributed by atoms with Gasteiger partial charge in [0, 0.05) is 24.2 Å². The maximum Gasteiger partial charge on any atom is 0.255 e. The van der Waals surface area contributed by atoms with Crippen LogP contribution in [-0.4, -0.2) is 26.3 Å². The molecule has 0 aliphatic heterocycles. The molecule has 104 valence electrons. The van der Waals surface area contributed by atoms with Crippen LogP contribution in [-0.2, 0) is 6.54 Å². The van der Waals surface area contributed by atoms with Gasteiger partial charge in [-0.15, -0.1) is 0 Å². The quantitative estimate of drug-likeness (QED) is 0.582. The Labute approximate surface area is 114 Å². The van der Waals surface area contributed by atoms with Crippen LogP contribution in [0.25, 0.3) is 0 Å². The van der Waals surface area contributed by atoms with Crippen LogP contribution in [0.3, 0.4) is 0 Å². The summed E-state index contributed by atoms with van der Waals surface area (Å²) in [6.07, 6.45) is 0. The molecule has 20 heavy (non-hydrogen) atoms. The second-order valence-corrected chi connectivity index (χ2v) is 4.20. The van der Waals surface area contributed by atoms with Gasteiger partial charge < -0.3 is 25.7 Å². The highest BCUT2D eigenvalue weighted by atomic mass is 16.3. The molecule has 0 saturated heterocycles. The number of rotatable bonds is 3. The van der Waals surface area contributed by atoms with Crippen LogP contribution in [0.1, 0.15) is 15.9 Å². The van der Waals surface area contributed by atoms with Crippen LogP contribution in [0.15, 0.2) is 36.4 Å². The number of carbonyl (C=O) groups is 1. The minimum Gasteiger partial charge on any atom is -0.508 e. The summed E-state index contributed by atoms with van der Waals surface area (Å²) in [7, 11) is 0. The average Bonchev–Trinajstić information content (AvgIpc) is 2.37. The van der Waals surface area contributed by atoms with Crippen LogP contribution in [0, 0.1) is 0 Å². The number of aromatic hydroxyl groups is 4. The largest absolute Gasteiger partial charge is 0.508 e. The smallest absolute Gasteiger partial charge is 0.255 e. The first-order valence-electron chi connectivity index (χ1n) is 5.78. The van der Waals surface area contributed by atoms with Crippen molar-refractivity contribution in [1.82, 2.24) is 5.32 Å². The van der Waals surface area contributed by atoms with Crippen molar-refractivity contribution >= 4 is 5.91 Å². The molecule has 6 nitrogen and oxygen atoms in total. The van der Waals surface area contributed by atoms with Gasteiger partial charge in [-0.1, -0.05) is 0 Å². The Morgan fingerprint density at radius 2 is 1.50 bits per heavy atom. The van der Waals surface area contributed by atoms with Crippen molar-refractivity contribution in [2.24, 2.45) is 0 Å². The number of hydrogen-bond donors (Lipinski definition) is 5. The molecule has 2 aromatic rings. The zero-order valence-corrected chi connectivity index (χ0v) is 10.4. The van der Waals surface area contributed by atoms with Crippen molar-refractivity contribution in [2.75, 3.05) is 0 Å². The lowest BCUT2D eigenvalue weighted by atomic mass is 10.1. The van der Waals surface area contributed by atoms with Gasteiger partial charge in [-0.25, -0.2) is 0 Å². The van der Waals surface area contributed by atoms with Gasteiger partial charge in [0.2, 0.25) is 0 Å². The van der Waals surface area contributed by atoms with E-state index in [2.05, 4.69) is 5.32 Å². The Balaban J connectivity index is 2.08. The molecule has 1 amide bonds. The minimum atomic E-state index is -0.546. The highest BCUT2D eigenvalue weighted by molar-refractivity contribution is 5.96. The number of phenolic OH excluding ortho intramolecular Hbond substituents is 4. The van der Waals surface area contributed by atoms with Crippen LogP contribution in [0.5, 0.6) is 23.0 Å². The van der Waals surface area contributed by atoms with Gasteiger partial charge >= 0.3 is 0 Å². The Hall–Kier alpha value is -2.89. The Bertz CT molecular complexity index is 654. The SMILES string of the molecule is O=C(NCc1ccc(O)cc1O)c1ccc(O)cc1O. The van der Waals surface area contributed by atoms with Gasteiger partial charge in [0.15, 0.2) is 0 Å². The predicted octanol–water partition coefficient (Wildman–Crippen LogP) is 1.44. The molecule has 0 spiro atoms. The van der Waals surface area contributed by atoms with Gasteiger partial charge in [0.05, 0.1) is 5.56 Å². The van der Waals surface area contributed by atoms with E-state index < -0.39 is 5.91 Å². The fraction of sp³-hybridized carbons (Fsp3) is 0.0714. The third-order valence-corrected chi connectivity index (χ3v) is 2.73. The third kappa shape index (κ3) is 2.92. The van der Waals surface area contributed by atoms with E-state index in [1.165, 1.54) is 30.3 Å². The number of amides is 1. The summed E-state index contributed by atoms with van der Waals surface area (Å²) >= 11 is 0. The first kappa shape index (κ1) is 13.5. The fourth-order valence-corrected chi connectivity index (χ4v) is 1.68. The van der Waals surface area contributed by atoms with Crippen molar-refractivity contribution in [1.29, 1.82) is 0 Å². The summed E-state index contributed by atoms with van der Waals surface area (Å²) in [5.41, 5.74) is 0.440. The number of hydrogen-bond acceptors (Lipinski definition) is 5. The standard InChI is InChI=1S/C14H13NO5/c16-9-2-1-8(12(18)5-9)7-15-14(20)11-4-3-10(17)6-13(11)19/h1-6,16-19H,7H2,(H,15,20). The van der Waals surface area contributed by atoms with Gasteiger partial charge in [-0.05, 0) is 24.3 Å². The summed E-state index contributed by atoms with van der Waals surface area (Å²) in [6.45, 7) is 0.0330. The zero-order chi connectivity index (χ0) is 14.7. The van der Waals surface area contributed by atoms with Crippen molar-refractivity contribution < 1.29 is 25.2 Å². The van der Waals surface area contributed by atoms with Gasteiger partial charge in [0.25, 0.3) is 5.91 Å². The van der Waals surface area contributed by atoms with Crippen molar-refractivity contribution in [3.63, 3.8) is 0 Å². The first-order valence-corrected chi connectivity index (χ1v) is 5.78. The normalized spacial score (nSPS) is 10.2. The van der Waals surface area contributed by atoms with E-state index in [-0.39, 0.29) is 35.1 Å². The molecule has 0 heterocycles. The molecule has 0 bridgehead atoms. The van der Waals surface area contributed by atoms with E-state index in [0.29, 0.717) is 5.56 Å². The summed E-state index contributed by atoms with van der Waals surface area (Å²) in [4.78, 5) is 11.8. The molecule has 0 saturated carbocycles. The molecule has 0 atom stereocenters. The van der Waals surface area contributed by atoms with E-state index >= 15 is 0 Å². The number of carbonyl (C=O) groups excluding carboxylic acids is 1. The third-order valence-electron chi connectivity index (χ3n) is 2.73.